The van der Waals surface area contributed by atoms with Gasteiger partial charge >= 0.3 is 0 Å². The first-order chi connectivity index (χ1) is 16.4. The summed E-state index contributed by atoms with van der Waals surface area (Å²) in [6, 6.07) is 20.4. The molecule has 0 fully saturated rings. The van der Waals surface area contributed by atoms with Gasteiger partial charge in [0.15, 0.2) is 0 Å². The lowest BCUT2D eigenvalue weighted by atomic mass is 10.3. The van der Waals surface area contributed by atoms with Crippen LogP contribution in [-0.2, 0) is 13.2 Å². The second-order valence-electron chi connectivity index (χ2n) is 6.78. The first-order valence-corrected chi connectivity index (χ1v) is 10.7. The van der Waals surface area contributed by atoms with Crippen LogP contribution < -0.4 is 15.2 Å². The zero-order valence-electron chi connectivity index (χ0n) is 17.8. The molecule has 0 aliphatic heterocycles. The van der Waals surface area contributed by atoms with Gasteiger partial charge in [0.1, 0.15) is 24.7 Å². The smallest absolute Gasteiger partial charge is 0.271 e. The molecule has 0 radical (unpaired) electrons. The largest absolute Gasteiger partial charge is 0.486 e. The number of hydrogen-bond donors (Lipinski definition) is 1. The van der Waals surface area contributed by atoms with E-state index in [1.54, 1.807) is 30.6 Å². The fourth-order valence-corrected chi connectivity index (χ4v) is 3.10. The minimum absolute atomic E-state index is 0. The lowest BCUT2D eigenvalue weighted by Gasteiger charge is -2.07. The number of ether oxygens (including phenoxy) is 2. The Morgan fingerprint density at radius 3 is 1.79 bits per heavy atom. The number of nitrogen functional groups attached to an aromatic ring is 1. The SMILES string of the molecule is Nc1ccc(OCc2ccccn2)c(Cl)c1.O=[N+]([O-])c1ccc(OCc2ccccn2)c(Cl)c1.[HH]. The van der Waals surface area contributed by atoms with E-state index in [0.717, 1.165) is 11.4 Å². The number of non-ortho nitro benzene ring substituents is 1. The number of aromatic nitrogens is 2. The highest BCUT2D eigenvalue weighted by Crippen LogP contribution is 2.29. The van der Waals surface area contributed by atoms with Crippen LogP contribution in [0.5, 0.6) is 11.5 Å². The molecular formula is C24H22Cl2N4O4. The number of anilines is 1. The maximum Gasteiger partial charge on any atom is 0.271 e. The highest BCUT2D eigenvalue weighted by atomic mass is 35.5. The summed E-state index contributed by atoms with van der Waals surface area (Å²) in [7, 11) is 0. The minimum atomic E-state index is -0.506. The molecule has 0 bridgehead atoms. The van der Waals surface area contributed by atoms with Gasteiger partial charge in [-0.05, 0) is 48.5 Å². The predicted octanol–water partition coefficient (Wildman–Crippen LogP) is 6.36. The Hall–Kier alpha value is -3.88. The van der Waals surface area contributed by atoms with Crippen LogP contribution in [0.2, 0.25) is 10.0 Å². The number of nitro benzene ring substituents is 1. The third kappa shape index (κ3) is 7.61. The van der Waals surface area contributed by atoms with Gasteiger partial charge in [0.25, 0.3) is 5.69 Å². The average Bonchev–Trinajstić information content (AvgIpc) is 2.84. The standard InChI is InChI=1S/C12H9ClN2O3.C12H11ClN2O.H2/c13-11-7-10(15(16)17)4-5-12(11)18-8-9-3-1-2-6-14-9;13-11-7-9(14)4-5-12(11)16-8-10-3-1-2-6-15-10;/h1-7H,8H2;1-7H,8,14H2;1H. The molecule has 2 heterocycles. The van der Waals surface area contributed by atoms with Crippen molar-refractivity contribution in [2.75, 3.05) is 5.73 Å². The number of nitrogens with zero attached hydrogens (tertiary/aromatic N) is 3. The molecule has 10 heteroatoms. The minimum Gasteiger partial charge on any atom is -0.486 e. The molecule has 0 atom stereocenters. The quantitative estimate of drug-likeness (QED) is 0.178. The lowest BCUT2D eigenvalue weighted by Crippen LogP contribution is -1.98. The maximum atomic E-state index is 10.5. The van der Waals surface area contributed by atoms with Gasteiger partial charge in [-0.2, -0.15) is 0 Å². The molecule has 0 amide bonds. The van der Waals surface area contributed by atoms with Gasteiger partial charge in [-0.1, -0.05) is 35.3 Å². The summed E-state index contributed by atoms with van der Waals surface area (Å²) in [6.45, 7) is 0.656. The van der Waals surface area contributed by atoms with Crippen molar-refractivity contribution >= 4 is 34.6 Å². The molecule has 0 saturated heterocycles. The second kappa shape index (κ2) is 12.4. The maximum absolute atomic E-state index is 10.5. The van der Waals surface area contributed by atoms with Crippen LogP contribution in [0.25, 0.3) is 0 Å². The third-order valence-corrected chi connectivity index (χ3v) is 4.88. The van der Waals surface area contributed by atoms with Crippen molar-refractivity contribution in [2.45, 2.75) is 13.2 Å². The average molecular weight is 501 g/mol. The summed E-state index contributed by atoms with van der Waals surface area (Å²) in [6.07, 6.45) is 3.39. The van der Waals surface area contributed by atoms with E-state index in [1.165, 1.54) is 18.2 Å². The van der Waals surface area contributed by atoms with E-state index in [0.29, 0.717) is 28.8 Å². The fourth-order valence-electron chi connectivity index (χ4n) is 2.62. The molecule has 2 N–H and O–H groups in total. The molecule has 2 aromatic heterocycles. The topological polar surface area (TPSA) is 113 Å². The highest BCUT2D eigenvalue weighted by Gasteiger charge is 2.10. The van der Waals surface area contributed by atoms with E-state index >= 15 is 0 Å². The monoisotopic (exact) mass is 500 g/mol. The summed E-state index contributed by atoms with van der Waals surface area (Å²) in [5.74, 6) is 1.01. The van der Waals surface area contributed by atoms with Crippen LogP contribution in [0.15, 0.2) is 85.2 Å². The molecule has 0 aliphatic carbocycles. The number of pyridine rings is 2. The Labute approximate surface area is 207 Å². The lowest BCUT2D eigenvalue weighted by molar-refractivity contribution is -0.384. The van der Waals surface area contributed by atoms with Crippen molar-refractivity contribution in [1.82, 2.24) is 9.97 Å². The van der Waals surface area contributed by atoms with Crippen molar-refractivity contribution in [2.24, 2.45) is 0 Å². The summed E-state index contributed by atoms with van der Waals surface area (Å²) in [4.78, 5) is 18.3. The van der Waals surface area contributed by atoms with Crippen LogP contribution in [-0.4, -0.2) is 14.9 Å². The van der Waals surface area contributed by atoms with Crippen molar-refractivity contribution < 1.29 is 15.8 Å². The summed E-state index contributed by atoms with van der Waals surface area (Å²) in [5.41, 5.74) is 7.75. The van der Waals surface area contributed by atoms with Crippen LogP contribution in [0.1, 0.15) is 12.8 Å². The number of nitro groups is 1. The second-order valence-corrected chi connectivity index (χ2v) is 7.60. The van der Waals surface area contributed by atoms with E-state index in [4.69, 9.17) is 38.4 Å². The van der Waals surface area contributed by atoms with E-state index < -0.39 is 4.92 Å². The molecule has 34 heavy (non-hydrogen) atoms. The number of halogens is 2. The normalized spacial score (nSPS) is 10.1. The molecule has 4 rings (SSSR count). The fraction of sp³-hybridized carbons (Fsp3) is 0.0833. The summed E-state index contributed by atoms with van der Waals surface area (Å²) >= 11 is 11.9. The van der Waals surface area contributed by atoms with Gasteiger partial charge in [-0.15, -0.1) is 0 Å². The Bertz CT molecular complexity index is 1230. The number of benzene rings is 2. The molecule has 0 spiro atoms. The first kappa shape index (κ1) is 24.8. The molecule has 0 unspecified atom stereocenters. The molecule has 0 saturated carbocycles. The first-order valence-electron chi connectivity index (χ1n) is 9.97. The Morgan fingerprint density at radius 2 is 1.35 bits per heavy atom. The summed E-state index contributed by atoms with van der Waals surface area (Å²) in [5, 5.41) is 11.3. The van der Waals surface area contributed by atoms with Gasteiger partial charge in [0, 0.05) is 31.6 Å². The molecular weight excluding hydrogens is 479 g/mol. The van der Waals surface area contributed by atoms with Crippen molar-refractivity contribution in [3.63, 3.8) is 0 Å². The zero-order valence-corrected chi connectivity index (χ0v) is 19.3. The molecule has 2 aromatic carbocycles. The zero-order chi connectivity index (χ0) is 24.3. The highest BCUT2D eigenvalue weighted by molar-refractivity contribution is 6.32. The summed E-state index contributed by atoms with van der Waals surface area (Å²) < 4.78 is 11.0. The van der Waals surface area contributed by atoms with Crippen LogP contribution >= 0.6 is 23.2 Å². The van der Waals surface area contributed by atoms with Gasteiger partial charge in [0.05, 0.1) is 26.4 Å². The van der Waals surface area contributed by atoms with E-state index in [1.807, 2.05) is 36.4 Å². The van der Waals surface area contributed by atoms with E-state index in [9.17, 15) is 10.1 Å². The van der Waals surface area contributed by atoms with Gasteiger partial charge in [-0.25, -0.2) is 0 Å². The van der Waals surface area contributed by atoms with Crippen LogP contribution in [0, 0.1) is 10.1 Å². The van der Waals surface area contributed by atoms with Crippen molar-refractivity contribution in [1.29, 1.82) is 0 Å². The molecule has 4 aromatic rings. The number of nitrogens with two attached hydrogens (primary N) is 1. The van der Waals surface area contributed by atoms with Crippen molar-refractivity contribution in [3.05, 3.63) is 117 Å². The Kier molecular flexibility index (Phi) is 9.02. The molecule has 0 aliphatic rings. The molecule has 8 nitrogen and oxygen atoms in total. The van der Waals surface area contributed by atoms with Crippen LogP contribution in [0.4, 0.5) is 11.4 Å². The predicted molar refractivity (Wildman–Crippen MR) is 133 cm³/mol. The van der Waals surface area contributed by atoms with Gasteiger partial charge in [0.2, 0.25) is 0 Å². The van der Waals surface area contributed by atoms with E-state index in [-0.39, 0.29) is 18.7 Å². The number of rotatable bonds is 7. The van der Waals surface area contributed by atoms with Crippen LogP contribution in [0.3, 0.4) is 0 Å². The Balaban J connectivity index is 0.000000241. The number of hydrogen-bond acceptors (Lipinski definition) is 7. The van der Waals surface area contributed by atoms with Crippen molar-refractivity contribution in [3.8, 4) is 11.5 Å². The van der Waals surface area contributed by atoms with E-state index in [2.05, 4.69) is 9.97 Å². The Morgan fingerprint density at radius 1 is 0.824 bits per heavy atom. The van der Waals surface area contributed by atoms with Gasteiger partial charge in [-0.3, -0.25) is 20.1 Å². The van der Waals surface area contributed by atoms with Gasteiger partial charge < -0.3 is 15.2 Å². The third-order valence-electron chi connectivity index (χ3n) is 4.29. The molecule has 176 valence electrons.